The Bertz CT molecular complexity index is 1260. The second-order valence-corrected chi connectivity index (χ2v) is 9.68. The summed E-state index contributed by atoms with van der Waals surface area (Å²) in [5.74, 6) is 1.35. The van der Waals surface area contributed by atoms with Crippen molar-refractivity contribution in [3.8, 4) is 0 Å². The predicted octanol–water partition coefficient (Wildman–Crippen LogP) is 5.63. The zero-order chi connectivity index (χ0) is 23.3. The molecule has 1 fully saturated rings. The fourth-order valence-electron chi connectivity index (χ4n) is 4.40. The summed E-state index contributed by atoms with van der Waals surface area (Å²) in [6, 6.07) is 22.4. The van der Waals surface area contributed by atoms with Gasteiger partial charge in [-0.15, -0.1) is 0 Å². The summed E-state index contributed by atoms with van der Waals surface area (Å²) in [6.45, 7) is 4.66. The van der Waals surface area contributed by atoms with Gasteiger partial charge in [0.15, 0.2) is 0 Å². The Morgan fingerprint density at radius 2 is 1.79 bits per heavy atom. The number of fused-ring (bicyclic) bond motifs is 1. The molecule has 0 aliphatic carbocycles. The number of piperidine rings is 1. The number of aromatic nitrogens is 2. The van der Waals surface area contributed by atoms with Crippen molar-refractivity contribution in [1.82, 2.24) is 14.7 Å². The molecule has 2 heterocycles. The van der Waals surface area contributed by atoms with Crippen molar-refractivity contribution in [2.75, 3.05) is 29.9 Å². The van der Waals surface area contributed by atoms with Crippen LogP contribution in [0.25, 0.3) is 10.8 Å². The second-order valence-electron chi connectivity index (χ2n) is 8.95. The van der Waals surface area contributed by atoms with Crippen LogP contribution in [-0.2, 0) is 6.42 Å². The number of carbonyl (C=O) groups excluding carboxylic acids is 1. The number of carbonyl (C=O) groups is 1. The third-order valence-electron chi connectivity index (χ3n) is 6.41. The molecule has 0 spiro atoms. The maximum absolute atomic E-state index is 12.5. The molecule has 2 amide bonds. The highest BCUT2D eigenvalue weighted by Gasteiger charge is 2.22. The van der Waals surface area contributed by atoms with Crippen LogP contribution in [-0.4, -0.2) is 35.0 Å². The molecule has 1 aliphatic rings. The fraction of sp³-hybridized carbons (Fsp3) is 0.296. The van der Waals surface area contributed by atoms with Crippen LogP contribution in [0.2, 0.25) is 0 Å². The molecule has 0 radical (unpaired) electrons. The number of aryl methyl sites for hydroxylation is 1. The third kappa shape index (κ3) is 5.37. The van der Waals surface area contributed by atoms with Gasteiger partial charge in [0, 0.05) is 43.0 Å². The normalized spacial score (nSPS) is 14.3. The Labute approximate surface area is 204 Å². The van der Waals surface area contributed by atoms with E-state index in [1.54, 1.807) is 0 Å². The minimum absolute atomic E-state index is 0.149. The maximum atomic E-state index is 12.5. The largest absolute Gasteiger partial charge is 0.347 e. The van der Waals surface area contributed by atoms with Crippen molar-refractivity contribution in [3.05, 3.63) is 83.7 Å². The van der Waals surface area contributed by atoms with E-state index in [0.717, 1.165) is 59.8 Å². The van der Waals surface area contributed by atoms with Crippen molar-refractivity contribution < 1.29 is 4.79 Å². The van der Waals surface area contributed by atoms with Crippen molar-refractivity contribution in [2.45, 2.75) is 26.2 Å². The molecule has 4 aromatic rings. The van der Waals surface area contributed by atoms with E-state index in [1.165, 1.54) is 22.7 Å². The van der Waals surface area contributed by atoms with Crippen LogP contribution in [0.5, 0.6) is 0 Å². The Morgan fingerprint density at radius 3 is 2.62 bits per heavy atom. The number of urea groups is 1. The van der Waals surface area contributed by atoms with Gasteiger partial charge in [-0.3, -0.25) is 0 Å². The van der Waals surface area contributed by atoms with Gasteiger partial charge in [0.05, 0.1) is 5.69 Å². The lowest BCUT2D eigenvalue weighted by molar-refractivity contribution is 0.248. The van der Waals surface area contributed by atoms with E-state index in [9.17, 15) is 4.79 Å². The Morgan fingerprint density at radius 1 is 1.03 bits per heavy atom. The van der Waals surface area contributed by atoms with Crippen LogP contribution in [0.3, 0.4) is 0 Å². The van der Waals surface area contributed by atoms with E-state index in [4.69, 9.17) is 4.98 Å². The summed E-state index contributed by atoms with van der Waals surface area (Å²) in [4.78, 5) is 19.6. The van der Waals surface area contributed by atoms with Crippen LogP contribution in [0, 0.1) is 12.8 Å². The molecule has 34 heavy (non-hydrogen) atoms. The molecule has 2 N–H and O–H groups in total. The highest BCUT2D eigenvalue weighted by molar-refractivity contribution is 7.09. The van der Waals surface area contributed by atoms with Gasteiger partial charge in [-0.1, -0.05) is 66.2 Å². The second kappa shape index (κ2) is 10.2. The van der Waals surface area contributed by atoms with Gasteiger partial charge in [0.2, 0.25) is 5.13 Å². The molecule has 7 heteroatoms. The lowest BCUT2D eigenvalue weighted by Gasteiger charge is -2.31. The van der Waals surface area contributed by atoms with Crippen molar-refractivity contribution in [3.63, 3.8) is 0 Å². The molecule has 1 saturated heterocycles. The first-order valence-corrected chi connectivity index (χ1v) is 12.6. The number of hydrogen-bond acceptors (Lipinski definition) is 5. The number of anilines is 2. The number of nitrogens with zero attached hydrogens (tertiary/aromatic N) is 3. The van der Waals surface area contributed by atoms with E-state index in [1.807, 2.05) is 30.3 Å². The smallest absolute Gasteiger partial charge is 0.319 e. The highest BCUT2D eigenvalue weighted by atomic mass is 32.1. The summed E-state index contributed by atoms with van der Waals surface area (Å²) in [7, 11) is 0. The molecule has 1 aliphatic heterocycles. The van der Waals surface area contributed by atoms with Crippen molar-refractivity contribution >= 4 is 39.2 Å². The van der Waals surface area contributed by atoms with Crippen LogP contribution in [0.15, 0.2) is 66.7 Å². The first kappa shape index (κ1) is 22.3. The van der Waals surface area contributed by atoms with Gasteiger partial charge < -0.3 is 15.5 Å². The molecule has 0 saturated carbocycles. The van der Waals surface area contributed by atoms with Gasteiger partial charge >= 0.3 is 6.03 Å². The molecule has 5 rings (SSSR count). The molecule has 0 unspecified atom stereocenters. The van der Waals surface area contributed by atoms with Gasteiger partial charge in [-0.05, 0) is 42.7 Å². The summed E-state index contributed by atoms with van der Waals surface area (Å²) >= 11 is 1.49. The van der Waals surface area contributed by atoms with Gasteiger partial charge in [-0.2, -0.15) is 4.37 Å². The van der Waals surface area contributed by atoms with E-state index in [2.05, 4.69) is 63.2 Å². The van der Waals surface area contributed by atoms with Crippen molar-refractivity contribution in [1.29, 1.82) is 0 Å². The molecule has 6 nitrogen and oxygen atoms in total. The van der Waals surface area contributed by atoms with Crippen molar-refractivity contribution in [2.24, 2.45) is 5.92 Å². The third-order valence-corrected chi connectivity index (χ3v) is 7.23. The van der Waals surface area contributed by atoms with Crippen LogP contribution in [0.1, 0.15) is 29.8 Å². The summed E-state index contributed by atoms with van der Waals surface area (Å²) in [5.41, 5.74) is 3.34. The standard InChI is InChI=1S/C27H29N5OS/c1-19-9-11-20(12-10-19)17-25-30-27(34-31-25)32-15-13-21(14-16-32)18-28-26(33)29-24-8-4-6-22-5-2-3-7-23(22)24/h2-12,21H,13-18H2,1H3,(H2,28,29,33). The predicted molar refractivity (Wildman–Crippen MR) is 140 cm³/mol. The number of rotatable bonds is 6. The monoisotopic (exact) mass is 471 g/mol. The number of benzene rings is 3. The summed E-state index contributed by atoms with van der Waals surface area (Å²) in [6.07, 6.45) is 2.83. The molecule has 1 aromatic heterocycles. The van der Waals surface area contributed by atoms with Crippen LogP contribution in [0.4, 0.5) is 15.6 Å². The molecule has 0 bridgehead atoms. The minimum Gasteiger partial charge on any atom is -0.347 e. The molecular formula is C27H29N5OS. The SMILES string of the molecule is Cc1ccc(Cc2nsc(N3CCC(CNC(=O)Nc4cccc5ccccc45)CC3)n2)cc1. The number of amides is 2. The van der Waals surface area contributed by atoms with Gasteiger partial charge in [-0.25, -0.2) is 9.78 Å². The zero-order valence-electron chi connectivity index (χ0n) is 19.3. The average Bonchev–Trinajstić information content (AvgIpc) is 3.33. The topological polar surface area (TPSA) is 70.2 Å². The van der Waals surface area contributed by atoms with Gasteiger partial charge in [0.1, 0.15) is 5.82 Å². The van der Waals surface area contributed by atoms with E-state index in [-0.39, 0.29) is 6.03 Å². The minimum atomic E-state index is -0.149. The number of nitrogens with one attached hydrogen (secondary N) is 2. The fourth-order valence-corrected chi connectivity index (χ4v) is 5.14. The molecule has 174 valence electrons. The first-order chi connectivity index (χ1) is 16.6. The Hall–Kier alpha value is -3.45. The quantitative estimate of drug-likeness (QED) is 0.382. The Kier molecular flexibility index (Phi) is 6.72. The van der Waals surface area contributed by atoms with Crippen LogP contribution >= 0.6 is 11.5 Å². The zero-order valence-corrected chi connectivity index (χ0v) is 20.1. The lowest BCUT2D eigenvalue weighted by atomic mass is 9.97. The summed E-state index contributed by atoms with van der Waals surface area (Å²) < 4.78 is 4.57. The molecule has 0 atom stereocenters. The number of hydrogen-bond donors (Lipinski definition) is 2. The van der Waals surface area contributed by atoms with E-state index < -0.39 is 0 Å². The molecular weight excluding hydrogens is 442 g/mol. The van der Waals surface area contributed by atoms with E-state index in [0.29, 0.717) is 12.5 Å². The Balaban J connectivity index is 1.09. The van der Waals surface area contributed by atoms with Crippen LogP contribution < -0.4 is 15.5 Å². The maximum Gasteiger partial charge on any atom is 0.319 e. The highest BCUT2D eigenvalue weighted by Crippen LogP contribution is 2.26. The summed E-state index contributed by atoms with van der Waals surface area (Å²) in [5, 5.41) is 9.24. The van der Waals surface area contributed by atoms with Gasteiger partial charge in [0.25, 0.3) is 0 Å². The average molecular weight is 472 g/mol. The first-order valence-electron chi connectivity index (χ1n) is 11.8. The lowest BCUT2D eigenvalue weighted by Crippen LogP contribution is -2.39. The van der Waals surface area contributed by atoms with E-state index >= 15 is 0 Å². The molecule has 3 aromatic carbocycles.